The Morgan fingerprint density at radius 3 is 0.286 bits per heavy atom. The van der Waals surface area contributed by atoms with Gasteiger partial charge < -0.3 is 0 Å². The molecule has 0 nitrogen and oxygen atoms in total. The Balaban J connectivity index is 0. The van der Waals surface area contributed by atoms with Crippen molar-refractivity contribution in [3.05, 3.63) is 0 Å². The van der Waals surface area contributed by atoms with Crippen LogP contribution in [0.4, 0.5) is 0 Å². The van der Waals surface area contributed by atoms with Crippen molar-refractivity contribution in [3.8, 4) is 0 Å². The summed E-state index contributed by atoms with van der Waals surface area (Å²) < 4.78 is 0. The monoisotopic (exact) mass is 328 g/mol. The average Bonchev–Trinajstić information content (AvgIpc) is 0. The van der Waals surface area contributed by atoms with Gasteiger partial charge in [-0.25, -0.2) is 0 Å². The van der Waals surface area contributed by atoms with Crippen LogP contribution in [0.3, 0.4) is 0 Å². The van der Waals surface area contributed by atoms with Crippen molar-refractivity contribution in [2.45, 2.75) is 0 Å². The summed E-state index contributed by atoms with van der Waals surface area (Å²) in [5, 5.41) is 0. The molecular weight excluding hydrogens is 331 g/mol. The molecule has 0 fully saturated rings. The summed E-state index contributed by atoms with van der Waals surface area (Å²) in [5.74, 6) is 0. The summed E-state index contributed by atoms with van der Waals surface area (Å²) in [4.78, 5) is 0. The molecule has 0 radical (unpaired) electrons. The SMILES string of the molecule is [NaH].[NaH].[NaH].[Zn].[Zn].[Zn].[Zn]. The minimum Gasteiger partial charge on any atom is 0 e. The van der Waals surface area contributed by atoms with Crippen molar-refractivity contribution < 1.29 is 77.9 Å². The van der Waals surface area contributed by atoms with Crippen LogP contribution in [0, 0.1) is 0 Å². The van der Waals surface area contributed by atoms with Gasteiger partial charge in [-0.3, -0.25) is 0 Å². The first-order valence-electron chi connectivity index (χ1n) is 0. The molecule has 7 heteroatoms. The predicted octanol–water partition coefficient (Wildman–Crippen LogP) is -1.96. The molecule has 0 unspecified atom stereocenters. The van der Waals surface area contributed by atoms with Crippen LogP contribution in [0.1, 0.15) is 0 Å². The van der Waals surface area contributed by atoms with E-state index >= 15 is 0 Å². The molecule has 0 spiro atoms. The van der Waals surface area contributed by atoms with E-state index in [1.807, 2.05) is 0 Å². The van der Waals surface area contributed by atoms with Crippen LogP contribution in [0.15, 0.2) is 0 Å². The van der Waals surface area contributed by atoms with E-state index in [1.54, 1.807) is 0 Å². The molecule has 0 atom stereocenters. The zero-order valence-electron chi connectivity index (χ0n) is 2.83. The molecule has 0 aromatic carbocycles. The van der Waals surface area contributed by atoms with Gasteiger partial charge in [0, 0.05) is 77.9 Å². The van der Waals surface area contributed by atoms with Crippen LogP contribution in [-0.2, 0) is 77.9 Å². The molecule has 7 heavy (non-hydrogen) atoms. The average molecular weight is 334 g/mol. The van der Waals surface area contributed by atoms with Gasteiger partial charge in [0.25, 0.3) is 0 Å². The Morgan fingerprint density at radius 2 is 0.286 bits per heavy atom. The maximum atomic E-state index is 0. The Kier molecular flexibility index (Phi) is 328. The minimum atomic E-state index is 0. The fraction of sp³-hybridized carbons (Fsp3) is 0. The summed E-state index contributed by atoms with van der Waals surface area (Å²) in [6.07, 6.45) is 0. The van der Waals surface area contributed by atoms with Gasteiger partial charge in [0.2, 0.25) is 0 Å². The molecule has 0 heterocycles. The minimum absolute atomic E-state index is 0. The summed E-state index contributed by atoms with van der Waals surface area (Å²) in [7, 11) is 0. The van der Waals surface area contributed by atoms with Crippen LogP contribution in [-0.4, -0.2) is 88.7 Å². The largest absolute Gasteiger partial charge is 0 e. The third-order valence-corrected chi connectivity index (χ3v) is 0. The Bertz CT molecular complexity index is 6.90. The third-order valence-electron chi connectivity index (χ3n) is 0. The van der Waals surface area contributed by atoms with E-state index in [0.29, 0.717) is 0 Å². The number of hydrogen-bond acceptors (Lipinski definition) is 0. The second-order valence-electron chi connectivity index (χ2n) is 0. The predicted molar refractivity (Wildman–Crippen MR) is 21.4 cm³/mol. The van der Waals surface area contributed by atoms with Crippen LogP contribution < -0.4 is 0 Å². The zero-order valence-corrected chi connectivity index (χ0v) is 14.7. The molecule has 0 bridgehead atoms. The van der Waals surface area contributed by atoms with Crippen molar-refractivity contribution >= 4 is 88.7 Å². The topological polar surface area (TPSA) is 0 Å². The molecule has 14 valence electrons. The molecule has 0 aliphatic heterocycles. The van der Waals surface area contributed by atoms with Gasteiger partial charge >= 0.3 is 88.7 Å². The quantitative estimate of drug-likeness (QED) is 0.452. The van der Waals surface area contributed by atoms with Crippen molar-refractivity contribution in [3.63, 3.8) is 0 Å². The van der Waals surface area contributed by atoms with Crippen molar-refractivity contribution in [2.24, 2.45) is 0 Å². The molecule has 0 aromatic heterocycles. The van der Waals surface area contributed by atoms with E-state index < -0.39 is 0 Å². The van der Waals surface area contributed by atoms with Gasteiger partial charge in [-0.1, -0.05) is 0 Å². The van der Waals surface area contributed by atoms with Gasteiger partial charge in [-0.05, 0) is 0 Å². The van der Waals surface area contributed by atoms with E-state index in [1.165, 1.54) is 0 Å². The first-order valence-corrected chi connectivity index (χ1v) is 0. The first-order chi connectivity index (χ1) is 0. The first kappa shape index (κ1) is 54.7. The molecule has 0 aliphatic rings. The van der Waals surface area contributed by atoms with Crippen molar-refractivity contribution in [2.75, 3.05) is 0 Å². The Morgan fingerprint density at radius 1 is 0.286 bits per heavy atom. The fourth-order valence-electron chi connectivity index (χ4n) is 0. The van der Waals surface area contributed by atoms with Gasteiger partial charge in [0.15, 0.2) is 0 Å². The van der Waals surface area contributed by atoms with Crippen molar-refractivity contribution in [1.82, 2.24) is 0 Å². The molecule has 0 rings (SSSR count). The molecule has 0 aliphatic carbocycles. The molecule has 0 saturated heterocycles. The summed E-state index contributed by atoms with van der Waals surface area (Å²) in [5.41, 5.74) is 0. The standard InChI is InChI=1S/3Na.4Zn.3H. The maximum absolute atomic E-state index is 0. The molecule has 0 aromatic rings. The van der Waals surface area contributed by atoms with Crippen molar-refractivity contribution in [1.29, 1.82) is 0 Å². The zero-order chi connectivity index (χ0) is 0. The van der Waals surface area contributed by atoms with E-state index in [9.17, 15) is 0 Å². The van der Waals surface area contributed by atoms with Crippen LogP contribution in [0.5, 0.6) is 0 Å². The van der Waals surface area contributed by atoms with Gasteiger partial charge in [0.1, 0.15) is 0 Å². The normalized spacial score (nSPS) is 0. The van der Waals surface area contributed by atoms with Crippen LogP contribution >= 0.6 is 0 Å². The van der Waals surface area contributed by atoms with Crippen LogP contribution in [0.25, 0.3) is 0 Å². The second kappa shape index (κ2) is 41.9. The smallest absolute Gasteiger partial charge is 0 e. The van der Waals surface area contributed by atoms with Crippen LogP contribution in [0.2, 0.25) is 0 Å². The fourth-order valence-corrected chi connectivity index (χ4v) is 0. The van der Waals surface area contributed by atoms with Gasteiger partial charge in [0.05, 0.1) is 0 Å². The Hall–Kier alpha value is 5.49. The number of hydrogen-bond donors (Lipinski definition) is 0. The van der Waals surface area contributed by atoms with E-state index in [0.717, 1.165) is 0 Å². The maximum Gasteiger partial charge on any atom is 0 e. The van der Waals surface area contributed by atoms with E-state index in [2.05, 4.69) is 0 Å². The third kappa shape index (κ3) is 34.3. The summed E-state index contributed by atoms with van der Waals surface area (Å²) in [6.45, 7) is 0. The second-order valence-corrected chi connectivity index (χ2v) is 0. The van der Waals surface area contributed by atoms with E-state index in [4.69, 9.17) is 0 Å². The van der Waals surface area contributed by atoms with Gasteiger partial charge in [-0.2, -0.15) is 0 Å². The summed E-state index contributed by atoms with van der Waals surface area (Å²) >= 11 is 0. The number of rotatable bonds is 0. The van der Waals surface area contributed by atoms with E-state index in [-0.39, 0.29) is 167 Å². The molecular formula is H3Na3Zn4. The molecule has 0 N–H and O–H groups in total. The molecule has 0 saturated carbocycles. The molecule has 0 amide bonds. The Labute approximate surface area is 162 Å². The summed E-state index contributed by atoms with van der Waals surface area (Å²) in [6, 6.07) is 0. The van der Waals surface area contributed by atoms with Gasteiger partial charge in [-0.15, -0.1) is 0 Å².